The number of phenolic OH excluding ortho intramolecular Hbond substituents is 2. The third kappa shape index (κ3) is 2.10. The number of halogens is 1. The Morgan fingerprint density at radius 3 is 2.87 bits per heavy atom. The van der Waals surface area contributed by atoms with Crippen molar-refractivity contribution in [3.8, 4) is 17.2 Å². The summed E-state index contributed by atoms with van der Waals surface area (Å²) in [5.74, 6) is -0.621. The SMILES string of the molecule is O=C1/C(=C\c2c[nH]c3c(Br)cccc23)Oc2cc(O)cc(O)c21. The number of rotatable bonds is 1. The highest BCUT2D eigenvalue weighted by atomic mass is 79.9. The number of aromatic nitrogens is 1. The number of ketones is 1. The molecule has 23 heavy (non-hydrogen) atoms. The van der Waals surface area contributed by atoms with Crippen molar-refractivity contribution >= 4 is 38.7 Å². The Morgan fingerprint density at radius 2 is 2.04 bits per heavy atom. The number of carbonyl (C=O) groups excluding carboxylic acids is 1. The van der Waals surface area contributed by atoms with Crippen LogP contribution in [0.25, 0.3) is 17.0 Å². The van der Waals surface area contributed by atoms with Crippen molar-refractivity contribution in [2.45, 2.75) is 0 Å². The van der Waals surface area contributed by atoms with E-state index >= 15 is 0 Å². The molecule has 0 saturated carbocycles. The van der Waals surface area contributed by atoms with Crippen LogP contribution in [0.4, 0.5) is 0 Å². The highest BCUT2D eigenvalue weighted by Gasteiger charge is 2.31. The molecule has 2 heterocycles. The molecule has 0 atom stereocenters. The summed E-state index contributed by atoms with van der Waals surface area (Å²) in [6, 6.07) is 8.17. The lowest BCUT2D eigenvalue weighted by molar-refractivity contribution is 0.101. The molecule has 0 radical (unpaired) electrons. The first-order valence-electron chi connectivity index (χ1n) is 6.80. The summed E-state index contributed by atoms with van der Waals surface area (Å²) >= 11 is 3.46. The predicted octanol–water partition coefficient (Wildman–Crippen LogP) is 3.96. The Kier molecular flexibility index (Phi) is 2.96. The summed E-state index contributed by atoms with van der Waals surface area (Å²) < 4.78 is 6.42. The number of para-hydroxylation sites is 1. The van der Waals surface area contributed by atoms with Gasteiger partial charge >= 0.3 is 0 Å². The van der Waals surface area contributed by atoms with Crippen LogP contribution in [0.1, 0.15) is 15.9 Å². The van der Waals surface area contributed by atoms with E-state index < -0.39 is 5.78 Å². The number of H-pyrrole nitrogens is 1. The Bertz CT molecular complexity index is 1000. The second kappa shape index (κ2) is 4.89. The van der Waals surface area contributed by atoms with Crippen LogP contribution in [-0.4, -0.2) is 21.0 Å². The van der Waals surface area contributed by atoms with Crippen molar-refractivity contribution in [2.75, 3.05) is 0 Å². The zero-order valence-electron chi connectivity index (χ0n) is 11.6. The first kappa shape index (κ1) is 13.9. The van der Waals surface area contributed by atoms with Crippen LogP contribution in [0, 0.1) is 0 Å². The van der Waals surface area contributed by atoms with E-state index in [0.29, 0.717) is 0 Å². The Balaban J connectivity index is 1.83. The van der Waals surface area contributed by atoms with Crippen molar-refractivity contribution in [3.05, 3.63) is 57.9 Å². The molecule has 0 unspecified atom stereocenters. The summed E-state index contributed by atoms with van der Waals surface area (Å²) in [7, 11) is 0. The minimum absolute atomic E-state index is 0.0649. The molecule has 4 rings (SSSR count). The molecule has 6 heteroatoms. The number of ether oxygens (including phenoxy) is 1. The number of phenols is 2. The summed E-state index contributed by atoms with van der Waals surface area (Å²) in [5, 5.41) is 20.3. The van der Waals surface area contributed by atoms with Crippen LogP contribution in [-0.2, 0) is 0 Å². The van der Waals surface area contributed by atoms with Crippen molar-refractivity contribution in [3.63, 3.8) is 0 Å². The largest absolute Gasteiger partial charge is 0.508 e. The molecule has 114 valence electrons. The van der Waals surface area contributed by atoms with E-state index in [1.807, 2.05) is 18.2 Å². The highest BCUT2D eigenvalue weighted by Crippen LogP contribution is 2.41. The van der Waals surface area contributed by atoms with Crippen molar-refractivity contribution in [2.24, 2.45) is 0 Å². The molecule has 0 saturated heterocycles. The number of aromatic hydroxyl groups is 2. The normalized spacial score (nSPS) is 15.2. The Hall–Kier alpha value is -2.73. The van der Waals surface area contributed by atoms with Gasteiger partial charge in [-0.3, -0.25) is 4.79 Å². The monoisotopic (exact) mass is 371 g/mol. The van der Waals surface area contributed by atoms with Gasteiger partial charge in [-0.15, -0.1) is 0 Å². The fourth-order valence-corrected chi connectivity index (χ4v) is 3.16. The molecular weight excluding hydrogens is 362 g/mol. The van der Waals surface area contributed by atoms with Crippen molar-refractivity contribution in [1.29, 1.82) is 0 Å². The third-order valence-electron chi connectivity index (χ3n) is 3.72. The topological polar surface area (TPSA) is 82.6 Å². The van der Waals surface area contributed by atoms with E-state index in [1.165, 1.54) is 6.07 Å². The predicted molar refractivity (Wildman–Crippen MR) is 88.7 cm³/mol. The summed E-state index contributed by atoms with van der Waals surface area (Å²) in [5.41, 5.74) is 1.78. The van der Waals surface area contributed by atoms with Crippen LogP contribution < -0.4 is 4.74 Å². The van der Waals surface area contributed by atoms with E-state index in [1.54, 1.807) is 12.3 Å². The molecule has 1 aliphatic rings. The average Bonchev–Trinajstić information content (AvgIpc) is 3.03. The molecule has 3 aromatic rings. The second-order valence-electron chi connectivity index (χ2n) is 5.18. The fourth-order valence-electron chi connectivity index (χ4n) is 2.68. The molecule has 0 bridgehead atoms. The molecule has 1 aromatic heterocycles. The molecule has 0 spiro atoms. The molecule has 1 aliphatic heterocycles. The summed E-state index contributed by atoms with van der Waals surface area (Å²) in [6.07, 6.45) is 3.39. The lowest BCUT2D eigenvalue weighted by Crippen LogP contribution is -1.98. The lowest BCUT2D eigenvalue weighted by atomic mass is 10.1. The number of hydrogen-bond acceptors (Lipinski definition) is 4. The molecular formula is C17H10BrNO4. The van der Waals surface area contributed by atoms with Crippen LogP contribution >= 0.6 is 15.9 Å². The number of nitrogens with one attached hydrogen (secondary N) is 1. The van der Waals surface area contributed by atoms with Gasteiger partial charge in [-0.1, -0.05) is 12.1 Å². The quantitative estimate of drug-likeness (QED) is 0.565. The van der Waals surface area contributed by atoms with Gasteiger partial charge in [0.25, 0.3) is 0 Å². The van der Waals surface area contributed by atoms with Gasteiger partial charge in [-0.05, 0) is 28.1 Å². The standard InChI is InChI=1S/C17H10BrNO4/c18-11-3-1-2-10-8(7-19-16(10)11)4-14-17(22)15-12(21)5-9(20)6-13(15)23-14/h1-7,19-21H/b14-4+. The third-order valence-corrected chi connectivity index (χ3v) is 4.38. The molecule has 0 aliphatic carbocycles. The molecule has 5 nitrogen and oxygen atoms in total. The number of allylic oxidation sites excluding steroid dienone is 1. The van der Waals surface area contributed by atoms with E-state index in [9.17, 15) is 15.0 Å². The second-order valence-corrected chi connectivity index (χ2v) is 6.04. The van der Waals surface area contributed by atoms with Gasteiger partial charge in [-0.2, -0.15) is 0 Å². The summed E-state index contributed by atoms with van der Waals surface area (Å²) in [4.78, 5) is 15.5. The number of Topliss-reactive ketones (excluding diaryl/α,β-unsaturated/α-hetero) is 1. The van der Waals surface area contributed by atoms with Crippen LogP contribution in [0.3, 0.4) is 0 Å². The van der Waals surface area contributed by atoms with Gasteiger partial charge in [0.05, 0.1) is 5.52 Å². The first-order chi connectivity index (χ1) is 11.0. The number of benzene rings is 2. The van der Waals surface area contributed by atoms with Crippen molar-refractivity contribution < 1.29 is 19.7 Å². The van der Waals surface area contributed by atoms with E-state index in [-0.39, 0.29) is 28.6 Å². The average molecular weight is 372 g/mol. The smallest absolute Gasteiger partial charge is 0.235 e. The highest BCUT2D eigenvalue weighted by molar-refractivity contribution is 9.10. The zero-order chi connectivity index (χ0) is 16.1. The van der Waals surface area contributed by atoms with Gasteiger partial charge in [0.15, 0.2) is 5.76 Å². The maximum atomic E-state index is 12.4. The molecule has 3 N–H and O–H groups in total. The van der Waals surface area contributed by atoms with Gasteiger partial charge < -0.3 is 19.9 Å². The fraction of sp³-hybridized carbons (Fsp3) is 0. The molecule has 2 aromatic carbocycles. The van der Waals surface area contributed by atoms with Gasteiger partial charge in [-0.25, -0.2) is 0 Å². The van der Waals surface area contributed by atoms with Gasteiger partial charge in [0.2, 0.25) is 5.78 Å². The number of aromatic amines is 1. The maximum Gasteiger partial charge on any atom is 0.235 e. The van der Waals surface area contributed by atoms with Crippen molar-refractivity contribution in [1.82, 2.24) is 4.98 Å². The first-order valence-corrected chi connectivity index (χ1v) is 7.59. The minimum Gasteiger partial charge on any atom is -0.508 e. The van der Waals surface area contributed by atoms with E-state index in [4.69, 9.17) is 4.74 Å². The van der Waals surface area contributed by atoms with E-state index in [2.05, 4.69) is 20.9 Å². The number of carbonyl (C=O) groups is 1. The van der Waals surface area contributed by atoms with Gasteiger partial charge in [0, 0.05) is 33.8 Å². The Labute approximate surface area is 139 Å². The maximum absolute atomic E-state index is 12.4. The molecule has 0 fully saturated rings. The van der Waals surface area contributed by atoms with E-state index in [0.717, 1.165) is 27.0 Å². The molecule has 0 amide bonds. The summed E-state index contributed by atoms with van der Waals surface area (Å²) in [6.45, 7) is 0. The van der Waals surface area contributed by atoms with Crippen LogP contribution in [0.5, 0.6) is 17.2 Å². The number of fused-ring (bicyclic) bond motifs is 2. The minimum atomic E-state index is -0.415. The van der Waals surface area contributed by atoms with Gasteiger partial charge in [0.1, 0.15) is 22.8 Å². The number of hydrogen-bond donors (Lipinski definition) is 3. The zero-order valence-corrected chi connectivity index (χ0v) is 13.2. The van der Waals surface area contributed by atoms with Crippen LogP contribution in [0.2, 0.25) is 0 Å². The Morgan fingerprint density at radius 1 is 1.22 bits per heavy atom. The van der Waals surface area contributed by atoms with Crippen LogP contribution in [0.15, 0.2) is 46.8 Å². The lowest BCUT2D eigenvalue weighted by Gasteiger charge is -2.00.